The third kappa shape index (κ3) is 5.57. The number of carbonyl (C=O) groups excluding carboxylic acids is 2. The molecule has 148 valence electrons. The van der Waals surface area contributed by atoms with Crippen LogP contribution in [0.25, 0.3) is 5.57 Å². The maximum atomic E-state index is 12.9. The number of methoxy groups -OCH3 is 1. The standard InChI is InChI=1S/C20H27NO5S/c1-14(2)13-26-16-7-5-15(6-8-16)17-18(27-12-10-22)20(24)21(19(17)23)9-4-11-25-3/h5-8,14,22H,4,9-13H2,1-3H3. The average molecular weight is 394 g/mol. The zero-order valence-electron chi connectivity index (χ0n) is 16.1. The van der Waals surface area contributed by atoms with Gasteiger partial charge in [0.05, 0.1) is 23.7 Å². The Balaban J connectivity index is 2.24. The molecule has 0 unspecified atom stereocenters. The number of aliphatic hydroxyl groups excluding tert-OH is 1. The molecule has 1 aromatic rings. The molecule has 1 aromatic carbocycles. The summed E-state index contributed by atoms with van der Waals surface area (Å²) < 4.78 is 10.7. The molecule has 0 fully saturated rings. The van der Waals surface area contributed by atoms with Crippen molar-refractivity contribution in [2.24, 2.45) is 5.92 Å². The summed E-state index contributed by atoms with van der Waals surface area (Å²) in [5.41, 5.74) is 1.08. The molecule has 0 bridgehead atoms. The van der Waals surface area contributed by atoms with Crippen molar-refractivity contribution in [1.29, 1.82) is 0 Å². The normalized spacial score (nSPS) is 14.6. The van der Waals surface area contributed by atoms with Crippen LogP contribution in [0.5, 0.6) is 5.75 Å². The maximum Gasteiger partial charge on any atom is 0.267 e. The van der Waals surface area contributed by atoms with E-state index >= 15 is 0 Å². The first-order valence-electron chi connectivity index (χ1n) is 9.05. The van der Waals surface area contributed by atoms with Gasteiger partial charge in [-0.15, -0.1) is 11.8 Å². The number of imide groups is 1. The largest absolute Gasteiger partial charge is 0.493 e. The van der Waals surface area contributed by atoms with Gasteiger partial charge in [0.25, 0.3) is 11.8 Å². The lowest BCUT2D eigenvalue weighted by molar-refractivity contribution is -0.136. The molecule has 0 aromatic heterocycles. The van der Waals surface area contributed by atoms with E-state index in [2.05, 4.69) is 13.8 Å². The molecule has 1 N–H and O–H groups in total. The quantitative estimate of drug-likeness (QED) is 0.460. The number of hydrogen-bond donors (Lipinski definition) is 1. The van der Waals surface area contributed by atoms with Crippen molar-refractivity contribution in [2.75, 3.05) is 39.2 Å². The SMILES string of the molecule is COCCCN1C(=O)C(SCCO)=C(c2ccc(OCC(C)C)cc2)C1=O. The van der Waals surface area contributed by atoms with Crippen LogP contribution in [0.3, 0.4) is 0 Å². The summed E-state index contributed by atoms with van der Waals surface area (Å²) in [6.07, 6.45) is 0.585. The minimum absolute atomic E-state index is 0.0609. The Bertz CT molecular complexity index is 684. The lowest BCUT2D eigenvalue weighted by Crippen LogP contribution is -2.33. The summed E-state index contributed by atoms with van der Waals surface area (Å²) >= 11 is 1.22. The smallest absolute Gasteiger partial charge is 0.267 e. The van der Waals surface area contributed by atoms with Gasteiger partial charge < -0.3 is 14.6 Å². The van der Waals surface area contributed by atoms with Crippen molar-refractivity contribution in [3.05, 3.63) is 34.7 Å². The van der Waals surface area contributed by atoms with E-state index in [1.165, 1.54) is 16.7 Å². The van der Waals surface area contributed by atoms with Crippen LogP contribution in [-0.2, 0) is 14.3 Å². The van der Waals surface area contributed by atoms with Crippen LogP contribution < -0.4 is 4.74 Å². The van der Waals surface area contributed by atoms with Crippen LogP contribution in [0.15, 0.2) is 29.2 Å². The number of benzene rings is 1. The van der Waals surface area contributed by atoms with Crippen molar-refractivity contribution in [3.8, 4) is 5.75 Å². The molecule has 1 aliphatic heterocycles. The molecule has 2 rings (SSSR count). The zero-order chi connectivity index (χ0) is 19.8. The summed E-state index contributed by atoms with van der Waals surface area (Å²) in [5.74, 6) is 0.909. The molecule has 2 amide bonds. The minimum Gasteiger partial charge on any atom is -0.493 e. The summed E-state index contributed by atoms with van der Waals surface area (Å²) in [7, 11) is 1.59. The minimum atomic E-state index is -0.301. The topological polar surface area (TPSA) is 76.1 Å². The van der Waals surface area contributed by atoms with Gasteiger partial charge in [0.1, 0.15) is 5.75 Å². The molecule has 0 spiro atoms. The number of carbonyl (C=O) groups is 2. The Morgan fingerprint density at radius 1 is 1.15 bits per heavy atom. The van der Waals surface area contributed by atoms with Gasteiger partial charge in [-0.3, -0.25) is 14.5 Å². The molecule has 1 aliphatic rings. The van der Waals surface area contributed by atoms with Crippen molar-refractivity contribution in [1.82, 2.24) is 4.90 Å². The van der Waals surface area contributed by atoms with Crippen molar-refractivity contribution in [3.63, 3.8) is 0 Å². The van der Waals surface area contributed by atoms with Crippen LogP contribution in [0.4, 0.5) is 0 Å². The lowest BCUT2D eigenvalue weighted by Gasteiger charge is -2.14. The second-order valence-electron chi connectivity index (χ2n) is 6.61. The van der Waals surface area contributed by atoms with E-state index in [0.717, 1.165) is 5.75 Å². The second-order valence-corrected chi connectivity index (χ2v) is 7.72. The Hall–Kier alpha value is -1.83. The molecule has 0 radical (unpaired) electrons. The van der Waals surface area contributed by atoms with Gasteiger partial charge in [0.15, 0.2) is 0 Å². The van der Waals surface area contributed by atoms with E-state index in [1.807, 2.05) is 12.1 Å². The third-order valence-electron chi connectivity index (χ3n) is 3.92. The zero-order valence-corrected chi connectivity index (χ0v) is 16.9. The number of thioether (sulfide) groups is 1. The summed E-state index contributed by atoms with van der Waals surface area (Å²) in [6.45, 7) is 5.50. The summed E-state index contributed by atoms with van der Waals surface area (Å²) in [4.78, 5) is 27.3. The predicted octanol–water partition coefficient (Wildman–Crippen LogP) is 2.56. The van der Waals surface area contributed by atoms with Crippen molar-refractivity contribution < 1.29 is 24.2 Å². The molecule has 0 atom stereocenters. The molecule has 1 heterocycles. The molecule has 7 heteroatoms. The number of nitrogens with zero attached hydrogens (tertiary/aromatic N) is 1. The fourth-order valence-corrected chi connectivity index (χ4v) is 3.52. The first kappa shape index (κ1) is 21.5. The summed E-state index contributed by atoms with van der Waals surface area (Å²) in [5, 5.41) is 9.13. The molecule has 27 heavy (non-hydrogen) atoms. The first-order chi connectivity index (χ1) is 13.0. The molecule has 0 aliphatic carbocycles. The fourth-order valence-electron chi connectivity index (χ4n) is 2.64. The highest BCUT2D eigenvalue weighted by atomic mass is 32.2. The van der Waals surface area contributed by atoms with Crippen molar-refractivity contribution in [2.45, 2.75) is 20.3 Å². The highest BCUT2D eigenvalue weighted by molar-refractivity contribution is 8.04. The molecular formula is C20H27NO5S. The van der Waals surface area contributed by atoms with Crippen LogP contribution >= 0.6 is 11.8 Å². The first-order valence-corrected chi connectivity index (χ1v) is 10.0. The molecule has 0 saturated heterocycles. The number of hydrogen-bond acceptors (Lipinski definition) is 6. The Labute approximate surface area is 164 Å². The Morgan fingerprint density at radius 3 is 2.44 bits per heavy atom. The van der Waals surface area contributed by atoms with E-state index in [4.69, 9.17) is 14.6 Å². The molecule has 0 saturated carbocycles. The second kappa shape index (κ2) is 10.5. The van der Waals surface area contributed by atoms with Gasteiger partial charge in [0, 0.05) is 26.0 Å². The van der Waals surface area contributed by atoms with Gasteiger partial charge in [-0.1, -0.05) is 26.0 Å². The van der Waals surface area contributed by atoms with Crippen molar-refractivity contribution >= 4 is 29.1 Å². The van der Waals surface area contributed by atoms with Crippen LogP contribution in [0, 0.1) is 5.92 Å². The monoisotopic (exact) mass is 393 g/mol. The summed E-state index contributed by atoms with van der Waals surface area (Å²) in [6, 6.07) is 7.22. The van der Waals surface area contributed by atoms with Crippen LogP contribution in [0.2, 0.25) is 0 Å². The lowest BCUT2D eigenvalue weighted by atomic mass is 10.1. The third-order valence-corrected chi connectivity index (χ3v) is 4.97. The number of ether oxygens (including phenoxy) is 2. The molecule has 6 nitrogen and oxygen atoms in total. The highest BCUT2D eigenvalue weighted by Gasteiger charge is 2.38. The van der Waals surface area contributed by atoms with Crippen LogP contribution in [0.1, 0.15) is 25.8 Å². The number of rotatable bonds is 11. The predicted molar refractivity (Wildman–Crippen MR) is 106 cm³/mol. The number of aliphatic hydroxyl groups is 1. The van der Waals surface area contributed by atoms with Gasteiger partial charge in [-0.25, -0.2) is 0 Å². The van der Waals surface area contributed by atoms with Gasteiger partial charge >= 0.3 is 0 Å². The maximum absolute atomic E-state index is 12.9. The van der Waals surface area contributed by atoms with E-state index in [9.17, 15) is 9.59 Å². The average Bonchev–Trinajstić information content (AvgIpc) is 2.89. The van der Waals surface area contributed by atoms with Crippen LogP contribution in [-0.4, -0.2) is 61.0 Å². The van der Waals surface area contributed by atoms with Gasteiger partial charge in [0.2, 0.25) is 0 Å². The van der Waals surface area contributed by atoms with E-state index < -0.39 is 0 Å². The number of amides is 2. The van der Waals surface area contributed by atoms with E-state index in [0.29, 0.717) is 53.9 Å². The molecular weight excluding hydrogens is 366 g/mol. The van der Waals surface area contributed by atoms with Gasteiger partial charge in [-0.05, 0) is 30.0 Å². The fraction of sp³-hybridized carbons (Fsp3) is 0.500. The van der Waals surface area contributed by atoms with E-state index in [-0.39, 0.29) is 18.4 Å². The van der Waals surface area contributed by atoms with Gasteiger partial charge in [-0.2, -0.15) is 0 Å². The Kier molecular flexibility index (Phi) is 8.34. The Morgan fingerprint density at radius 2 is 1.85 bits per heavy atom. The van der Waals surface area contributed by atoms with E-state index in [1.54, 1.807) is 19.2 Å². The highest BCUT2D eigenvalue weighted by Crippen LogP contribution is 2.36.